The van der Waals surface area contributed by atoms with E-state index in [4.69, 9.17) is 0 Å². The summed E-state index contributed by atoms with van der Waals surface area (Å²) in [5.74, 6) is -1.15. The van der Waals surface area contributed by atoms with Crippen molar-refractivity contribution in [1.82, 2.24) is 3.97 Å². The number of rotatable bonds is 9. The second kappa shape index (κ2) is 7.48. The molecular formula is C16H24N2O5S. The highest BCUT2D eigenvalue weighted by atomic mass is 32.2. The minimum atomic E-state index is -4.69. The minimum Gasteiger partial charge on any atom is -0.493 e. The first kappa shape index (κ1) is 18.7. The van der Waals surface area contributed by atoms with Crippen molar-refractivity contribution in [2.45, 2.75) is 65.2 Å². The van der Waals surface area contributed by atoms with Gasteiger partial charge in [-0.1, -0.05) is 39.5 Å². The smallest absolute Gasteiger partial charge is 0.366 e. The Labute approximate surface area is 142 Å². The summed E-state index contributed by atoms with van der Waals surface area (Å²) in [5.41, 5.74) is 0.811. The summed E-state index contributed by atoms with van der Waals surface area (Å²) in [4.78, 5) is 16.3. The van der Waals surface area contributed by atoms with E-state index in [0.717, 1.165) is 32.1 Å². The van der Waals surface area contributed by atoms with Crippen molar-refractivity contribution in [3.05, 3.63) is 16.8 Å². The molecule has 0 bridgehead atoms. The van der Waals surface area contributed by atoms with Crippen LogP contribution in [0.25, 0.3) is 0 Å². The maximum Gasteiger partial charge on any atom is 0.366 e. The second-order valence-corrected chi connectivity index (χ2v) is 7.30. The Kier molecular flexibility index (Phi) is 5.82. The van der Waals surface area contributed by atoms with E-state index in [9.17, 15) is 22.9 Å². The molecule has 1 amide bonds. The number of unbranched alkanes of at least 4 members (excludes halogenated alkanes) is 4. The summed E-state index contributed by atoms with van der Waals surface area (Å²) in [6, 6.07) is 0. The number of hydrogen-bond acceptors (Lipinski definition) is 4. The molecule has 1 aromatic heterocycles. The highest BCUT2D eigenvalue weighted by molar-refractivity contribution is 7.84. The Morgan fingerprint density at radius 3 is 2.12 bits per heavy atom. The second-order valence-electron chi connectivity index (χ2n) is 6.04. The minimum absolute atomic E-state index is 0.118. The number of aromatic nitrogens is 1. The largest absolute Gasteiger partial charge is 0.493 e. The van der Waals surface area contributed by atoms with Gasteiger partial charge in [0.25, 0.3) is 5.91 Å². The lowest BCUT2D eigenvalue weighted by molar-refractivity contribution is 0.101. The predicted octanol–water partition coefficient (Wildman–Crippen LogP) is 3.10. The Bertz CT molecular complexity index is 762. The summed E-state index contributed by atoms with van der Waals surface area (Å²) in [5, 5.41) is 10.4. The third-order valence-corrected chi connectivity index (χ3v) is 5.06. The van der Waals surface area contributed by atoms with Crippen LogP contribution >= 0.6 is 0 Å². The molecular weight excluding hydrogens is 332 g/mol. The Morgan fingerprint density at radius 1 is 1.00 bits per heavy atom. The van der Waals surface area contributed by atoms with Crippen molar-refractivity contribution in [2.24, 2.45) is 4.99 Å². The maximum atomic E-state index is 12.3. The molecule has 2 heterocycles. The monoisotopic (exact) mass is 356 g/mol. The fraction of sp³-hybridized carbons (Fsp3) is 0.625. The van der Waals surface area contributed by atoms with Crippen LogP contribution in [0.4, 0.5) is 0 Å². The molecule has 0 atom stereocenters. The first-order valence-electron chi connectivity index (χ1n) is 8.39. The van der Waals surface area contributed by atoms with Gasteiger partial charge in [-0.2, -0.15) is 12.4 Å². The average Bonchev–Trinajstić information content (AvgIpc) is 2.96. The summed E-state index contributed by atoms with van der Waals surface area (Å²) < 4.78 is 33.3. The number of amides is 1. The molecule has 24 heavy (non-hydrogen) atoms. The molecule has 1 aliphatic heterocycles. The van der Waals surface area contributed by atoms with E-state index < -0.39 is 22.1 Å². The summed E-state index contributed by atoms with van der Waals surface area (Å²) in [6.45, 7) is 4.05. The third-order valence-electron chi connectivity index (χ3n) is 4.20. The van der Waals surface area contributed by atoms with Gasteiger partial charge in [0.2, 0.25) is 5.88 Å². The Hall–Kier alpha value is -1.67. The Balaban J connectivity index is 2.49. The average molecular weight is 356 g/mol. The van der Waals surface area contributed by atoms with Crippen LogP contribution in [0.1, 0.15) is 80.4 Å². The number of nitrogens with zero attached hydrogens (tertiary/aromatic N) is 2. The zero-order valence-corrected chi connectivity index (χ0v) is 14.9. The standard InChI is InChI=1S/C16H24N2O5S/c1-3-5-7-9-11-13-14(15(19)17-11)12(10-8-6-4-2)18(16(13)20)24(21,22)23/h20H,3-10H2,1-2H3,(H,21,22,23). The number of fused-ring (bicyclic) bond motifs is 1. The molecule has 0 radical (unpaired) electrons. The van der Waals surface area contributed by atoms with Crippen LogP contribution in [0.5, 0.6) is 5.88 Å². The summed E-state index contributed by atoms with van der Waals surface area (Å²) in [6.07, 6.45) is 5.94. The van der Waals surface area contributed by atoms with Gasteiger partial charge >= 0.3 is 10.3 Å². The summed E-state index contributed by atoms with van der Waals surface area (Å²) in [7, 11) is -4.69. The molecule has 1 aliphatic rings. The molecule has 2 N–H and O–H groups in total. The van der Waals surface area contributed by atoms with Crippen LogP contribution < -0.4 is 0 Å². The zero-order valence-electron chi connectivity index (χ0n) is 14.1. The quantitative estimate of drug-likeness (QED) is 0.522. The van der Waals surface area contributed by atoms with Crippen molar-refractivity contribution in [1.29, 1.82) is 0 Å². The van der Waals surface area contributed by atoms with Gasteiger partial charge in [0.15, 0.2) is 0 Å². The van der Waals surface area contributed by atoms with Crippen LogP contribution in [0.3, 0.4) is 0 Å². The molecule has 0 spiro atoms. The van der Waals surface area contributed by atoms with Crippen LogP contribution in [0.15, 0.2) is 4.99 Å². The van der Waals surface area contributed by atoms with E-state index in [-0.39, 0.29) is 23.2 Å². The molecule has 134 valence electrons. The topological polar surface area (TPSA) is 109 Å². The third kappa shape index (κ3) is 3.54. The fourth-order valence-corrected chi connectivity index (χ4v) is 3.84. The molecule has 0 saturated carbocycles. The number of hydrogen-bond donors (Lipinski definition) is 2. The van der Waals surface area contributed by atoms with E-state index >= 15 is 0 Å². The van der Waals surface area contributed by atoms with Gasteiger partial charge in [-0.05, 0) is 25.7 Å². The Morgan fingerprint density at radius 2 is 1.58 bits per heavy atom. The summed E-state index contributed by atoms with van der Waals surface area (Å²) >= 11 is 0. The van der Waals surface area contributed by atoms with E-state index in [1.54, 1.807) is 0 Å². The van der Waals surface area contributed by atoms with Crippen molar-refractivity contribution >= 4 is 21.9 Å². The SMILES string of the molecule is CCCCCC1=NC(=O)c2c1c(O)n(S(=O)(=O)O)c2CCCCC. The van der Waals surface area contributed by atoms with Crippen LogP contribution in [0.2, 0.25) is 0 Å². The molecule has 7 nitrogen and oxygen atoms in total. The van der Waals surface area contributed by atoms with Crippen molar-refractivity contribution < 1.29 is 22.9 Å². The molecule has 0 unspecified atom stereocenters. The molecule has 1 aromatic rings. The molecule has 8 heteroatoms. The lowest BCUT2D eigenvalue weighted by Gasteiger charge is -2.08. The van der Waals surface area contributed by atoms with E-state index in [2.05, 4.69) is 4.99 Å². The number of aromatic hydroxyl groups is 1. The van der Waals surface area contributed by atoms with Gasteiger partial charge in [0.1, 0.15) is 0 Å². The van der Waals surface area contributed by atoms with E-state index in [1.165, 1.54) is 0 Å². The van der Waals surface area contributed by atoms with Gasteiger partial charge in [-0.3, -0.25) is 9.35 Å². The van der Waals surface area contributed by atoms with Crippen LogP contribution in [-0.4, -0.2) is 33.7 Å². The predicted molar refractivity (Wildman–Crippen MR) is 91.3 cm³/mol. The van der Waals surface area contributed by atoms with Gasteiger partial charge in [-0.15, -0.1) is 0 Å². The number of carbonyl (C=O) groups is 1. The lowest BCUT2D eigenvalue weighted by Crippen LogP contribution is -2.15. The highest BCUT2D eigenvalue weighted by Gasteiger charge is 2.37. The normalized spacial score (nSPS) is 14.1. The fourth-order valence-electron chi connectivity index (χ4n) is 3.07. The van der Waals surface area contributed by atoms with Crippen molar-refractivity contribution in [3.8, 4) is 5.88 Å². The van der Waals surface area contributed by atoms with E-state index in [0.29, 0.717) is 22.5 Å². The van der Waals surface area contributed by atoms with Crippen LogP contribution in [-0.2, 0) is 16.7 Å². The van der Waals surface area contributed by atoms with Crippen molar-refractivity contribution in [3.63, 3.8) is 0 Å². The van der Waals surface area contributed by atoms with Gasteiger partial charge in [0.05, 0.1) is 22.5 Å². The first-order valence-corrected chi connectivity index (χ1v) is 9.79. The molecule has 0 fully saturated rings. The number of carbonyl (C=O) groups excluding carboxylic acids is 1. The highest BCUT2D eigenvalue weighted by Crippen LogP contribution is 2.37. The van der Waals surface area contributed by atoms with Crippen molar-refractivity contribution in [2.75, 3.05) is 0 Å². The van der Waals surface area contributed by atoms with Gasteiger partial charge in [-0.25, -0.2) is 4.99 Å². The van der Waals surface area contributed by atoms with E-state index in [1.807, 2.05) is 13.8 Å². The number of aliphatic imine (C=N–C) groups is 1. The van der Waals surface area contributed by atoms with Crippen LogP contribution in [0, 0.1) is 0 Å². The molecule has 0 aliphatic carbocycles. The first-order chi connectivity index (χ1) is 11.3. The molecule has 0 saturated heterocycles. The van der Waals surface area contributed by atoms with Gasteiger partial charge in [0, 0.05) is 0 Å². The molecule has 2 rings (SSSR count). The lowest BCUT2D eigenvalue weighted by atomic mass is 10.0. The molecule has 0 aromatic carbocycles. The maximum absolute atomic E-state index is 12.3. The zero-order chi connectivity index (χ0) is 17.9. The van der Waals surface area contributed by atoms with Gasteiger partial charge < -0.3 is 5.11 Å².